The van der Waals surface area contributed by atoms with Gasteiger partial charge in [-0.2, -0.15) is 5.26 Å². The van der Waals surface area contributed by atoms with E-state index in [0.717, 1.165) is 29.8 Å². The number of hydrogen-bond donors (Lipinski definition) is 0. The Kier molecular flexibility index (Phi) is 7.14. The van der Waals surface area contributed by atoms with Gasteiger partial charge in [-0.05, 0) is 50.3 Å². The Labute approximate surface area is 180 Å². The van der Waals surface area contributed by atoms with Crippen molar-refractivity contribution in [1.82, 2.24) is 20.0 Å². The predicted molar refractivity (Wildman–Crippen MR) is 116 cm³/mol. The fraction of sp³-hybridized carbons (Fsp3) is 0.652. The lowest BCUT2D eigenvalue weighted by Crippen LogP contribution is -2.65. The third-order valence-electron chi connectivity index (χ3n) is 6.42. The van der Waals surface area contributed by atoms with Gasteiger partial charge in [0.2, 0.25) is 5.91 Å². The normalized spacial score (nSPS) is 20.2. The zero-order chi connectivity index (χ0) is 21.9. The Morgan fingerprint density at radius 1 is 1.07 bits per heavy atom. The number of rotatable bonds is 5. The van der Waals surface area contributed by atoms with Crippen LogP contribution in [0.5, 0.6) is 0 Å². The van der Waals surface area contributed by atoms with Crippen molar-refractivity contribution in [3.8, 4) is 6.07 Å². The largest absolute Gasteiger partial charge is 0.379 e. The van der Waals surface area contributed by atoms with Crippen LogP contribution in [0.2, 0.25) is 0 Å². The predicted octanol–water partition coefficient (Wildman–Crippen LogP) is 2.06. The van der Waals surface area contributed by atoms with Crippen LogP contribution >= 0.6 is 0 Å². The van der Waals surface area contributed by atoms with Crippen molar-refractivity contribution < 1.29 is 9.53 Å². The van der Waals surface area contributed by atoms with E-state index in [-0.39, 0.29) is 5.91 Å². The number of benzene rings is 1. The number of ether oxygens (including phenoxy) is 1. The molecule has 164 valence electrons. The number of piperidine rings is 1. The van der Waals surface area contributed by atoms with Gasteiger partial charge in [0.25, 0.3) is 0 Å². The zero-order valence-corrected chi connectivity index (χ0v) is 19.1. The van der Waals surface area contributed by atoms with Crippen molar-refractivity contribution in [3.05, 3.63) is 34.4 Å². The molecule has 3 rings (SSSR count). The summed E-state index contributed by atoms with van der Waals surface area (Å²) >= 11 is 0. The second kappa shape index (κ2) is 9.44. The fourth-order valence-corrected chi connectivity index (χ4v) is 4.77. The van der Waals surface area contributed by atoms with Crippen molar-refractivity contribution in [2.45, 2.75) is 45.6 Å². The number of nitrogens with zero attached hydrogens (tertiary/aromatic N) is 5. The smallest absolute Gasteiger partial charge is 0.242 e. The number of aryl methyl sites for hydroxylation is 3. The first-order valence-corrected chi connectivity index (χ1v) is 10.8. The maximum absolute atomic E-state index is 13.7. The van der Waals surface area contributed by atoms with E-state index in [1.807, 2.05) is 14.1 Å². The minimum Gasteiger partial charge on any atom is -0.379 e. The minimum absolute atomic E-state index is 0.00630. The third kappa shape index (κ3) is 4.68. The van der Waals surface area contributed by atoms with E-state index in [1.54, 1.807) is 5.01 Å². The van der Waals surface area contributed by atoms with Crippen molar-refractivity contribution in [3.63, 3.8) is 0 Å². The first kappa shape index (κ1) is 22.7. The molecule has 0 unspecified atom stereocenters. The highest BCUT2D eigenvalue weighted by molar-refractivity contribution is 5.80. The van der Waals surface area contributed by atoms with Crippen molar-refractivity contribution >= 4 is 5.91 Å². The molecule has 1 amide bonds. The molecule has 0 atom stereocenters. The van der Waals surface area contributed by atoms with Gasteiger partial charge in [0, 0.05) is 40.3 Å². The molecule has 0 radical (unpaired) electrons. The first-order chi connectivity index (χ1) is 14.3. The summed E-state index contributed by atoms with van der Waals surface area (Å²) in [7, 11) is 4.04. The summed E-state index contributed by atoms with van der Waals surface area (Å²) < 4.78 is 5.52. The van der Waals surface area contributed by atoms with Crippen LogP contribution in [-0.2, 0) is 16.0 Å². The number of hydrogen-bond acceptors (Lipinski definition) is 6. The quantitative estimate of drug-likeness (QED) is 0.736. The lowest BCUT2D eigenvalue weighted by Gasteiger charge is -2.50. The SMILES string of the molecule is Cc1cc(C)c(CC(=O)N(N2CCOCC2)C2(C#N)CCN(N(C)C)CC2)c(C)c1. The maximum atomic E-state index is 13.7. The molecule has 0 bridgehead atoms. The van der Waals surface area contributed by atoms with Crippen LogP contribution in [0.15, 0.2) is 12.1 Å². The van der Waals surface area contributed by atoms with Crippen molar-refractivity contribution in [2.75, 3.05) is 53.5 Å². The third-order valence-corrected chi connectivity index (χ3v) is 6.42. The summed E-state index contributed by atoms with van der Waals surface area (Å²) in [6.45, 7) is 10.2. The van der Waals surface area contributed by atoms with Crippen LogP contribution in [0.1, 0.15) is 35.1 Å². The number of carbonyl (C=O) groups excluding carboxylic acids is 1. The van der Waals surface area contributed by atoms with Gasteiger partial charge in [-0.25, -0.2) is 15.0 Å². The van der Waals surface area contributed by atoms with E-state index >= 15 is 0 Å². The molecule has 2 aliphatic heterocycles. The van der Waals surface area contributed by atoms with Gasteiger partial charge in [0.1, 0.15) is 5.54 Å². The number of amides is 1. The second-order valence-corrected chi connectivity index (χ2v) is 8.77. The van der Waals surface area contributed by atoms with Crippen LogP contribution in [0.25, 0.3) is 0 Å². The Balaban J connectivity index is 1.91. The van der Waals surface area contributed by atoms with E-state index in [1.165, 1.54) is 5.56 Å². The molecule has 2 saturated heterocycles. The Bertz CT molecular complexity index is 779. The van der Waals surface area contributed by atoms with Crippen molar-refractivity contribution in [1.29, 1.82) is 5.26 Å². The maximum Gasteiger partial charge on any atom is 0.242 e. The van der Waals surface area contributed by atoms with E-state index in [9.17, 15) is 10.1 Å². The van der Waals surface area contributed by atoms with Crippen LogP contribution in [0.4, 0.5) is 0 Å². The van der Waals surface area contributed by atoms with E-state index < -0.39 is 5.54 Å². The number of carbonyl (C=O) groups is 1. The molecule has 1 aromatic rings. The highest BCUT2D eigenvalue weighted by Crippen LogP contribution is 2.32. The highest BCUT2D eigenvalue weighted by Gasteiger charge is 2.46. The van der Waals surface area contributed by atoms with Gasteiger partial charge in [-0.3, -0.25) is 9.80 Å². The summed E-state index contributed by atoms with van der Waals surface area (Å²) in [6.07, 6.45) is 1.59. The Hall–Kier alpha value is -1.98. The summed E-state index contributed by atoms with van der Waals surface area (Å²) in [6, 6.07) is 6.82. The van der Waals surface area contributed by atoms with Gasteiger partial charge < -0.3 is 4.74 Å². The van der Waals surface area contributed by atoms with E-state index in [4.69, 9.17) is 4.74 Å². The standard InChI is InChI=1S/C23H35N5O2/c1-18-14-19(2)21(20(3)15-18)16-22(29)28(27-10-12-30-13-11-27)23(17-24)6-8-26(9-7-23)25(4)5/h14-15H,6-13,16H2,1-5H3. The van der Waals surface area contributed by atoms with Crippen molar-refractivity contribution in [2.24, 2.45) is 0 Å². The van der Waals surface area contributed by atoms with Gasteiger partial charge in [-0.15, -0.1) is 0 Å². The molecule has 2 fully saturated rings. The molecule has 0 saturated carbocycles. The molecule has 0 spiro atoms. The summed E-state index contributed by atoms with van der Waals surface area (Å²) in [5.74, 6) is 0.00630. The molecule has 0 N–H and O–H groups in total. The molecule has 1 aromatic carbocycles. The van der Waals surface area contributed by atoms with E-state index in [0.29, 0.717) is 45.6 Å². The Morgan fingerprint density at radius 3 is 2.13 bits per heavy atom. The average Bonchev–Trinajstić information content (AvgIpc) is 2.72. The van der Waals surface area contributed by atoms with Gasteiger partial charge in [0.05, 0.1) is 25.7 Å². The molecule has 0 aliphatic carbocycles. The average molecular weight is 414 g/mol. The number of hydrazine groups is 2. The molecule has 30 heavy (non-hydrogen) atoms. The molecular weight excluding hydrogens is 378 g/mol. The highest BCUT2D eigenvalue weighted by atomic mass is 16.5. The van der Waals surface area contributed by atoms with Crippen LogP contribution in [-0.4, -0.2) is 85.0 Å². The van der Waals surface area contributed by atoms with Gasteiger partial charge in [-0.1, -0.05) is 17.7 Å². The van der Waals surface area contributed by atoms with Crippen LogP contribution in [0.3, 0.4) is 0 Å². The van der Waals surface area contributed by atoms with Crippen LogP contribution in [0, 0.1) is 32.1 Å². The lowest BCUT2D eigenvalue weighted by atomic mass is 9.87. The zero-order valence-electron chi connectivity index (χ0n) is 19.1. The molecule has 2 heterocycles. The Morgan fingerprint density at radius 2 is 1.63 bits per heavy atom. The summed E-state index contributed by atoms with van der Waals surface area (Å²) in [5.41, 5.74) is 3.74. The second-order valence-electron chi connectivity index (χ2n) is 8.77. The van der Waals surface area contributed by atoms with E-state index in [2.05, 4.69) is 54.0 Å². The first-order valence-electron chi connectivity index (χ1n) is 10.8. The molecule has 7 nitrogen and oxygen atoms in total. The van der Waals surface area contributed by atoms with Crippen LogP contribution < -0.4 is 0 Å². The monoisotopic (exact) mass is 413 g/mol. The fourth-order valence-electron chi connectivity index (χ4n) is 4.77. The molecule has 7 heteroatoms. The minimum atomic E-state index is -0.812. The molecular formula is C23H35N5O2. The number of morpholine rings is 1. The van der Waals surface area contributed by atoms with Gasteiger partial charge in [0.15, 0.2) is 0 Å². The number of nitriles is 1. The topological polar surface area (TPSA) is 63.1 Å². The van der Waals surface area contributed by atoms with Gasteiger partial charge >= 0.3 is 0 Å². The summed E-state index contributed by atoms with van der Waals surface area (Å²) in [4.78, 5) is 13.7. The summed E-state index contributed by atoms with van der Waals surface area (Å²) in [5, 5.41) is 18.5. The molecule has 0 aromatic heterocycles. The molecule has 2 aliphatic rings. The lowest BCUT2D eigenvalue weighted by molar-refractivity contribution is -0.179.